The molecule has 4 rings (SSSR count). The lowest BCUT2D eigenvalue weighted by molar-refractivity contribution is 0.256. The molecule has 4 aromatic rings. The number of fused-ring (bicyclic) bond motifs is 1. The maximum atomic E-state index is 9.10. The van der Waals surface area contributed by atoms with Crippen molar-refractivity contribution in [3.05, 3.63) is 77.7 Å². The van der Waals surface area contributed by atoms with Gasteiger partial charge in [-0.25, -0.2) is 9.97 Å². The van der Waals surface area contributed by atoms with Gasteiger partial charge in [0.2, 0.25) is 0 Å². The Balaban J connectivity index is 1.79. The van der Waals surface area contributed by atoms with E-state index in [1.807, 2.05) is 65.3 Å². The van der Waals surface area contributed by atoms with Gasteiger partial charge < -0.3 is 9.47 Å². The summed E-state index contributed by atoms with van der Waals surface area (Å²) in [5.41, 5.74) is 3.21. The summed E-state index contributed by atoms with van der Waals surface area (Å²) in [5.74, 6) is 3.21. The van der Waals surface area contributed by atoms with Gasteiger partial charge in [-0.3, -0.25) is 4.57 Å². The molecule has 2 aromatic heterocycles. The van der Waals surface area contributed by atoms with Crippen LogP contribution < -0.4 is 9.47 Å². The number of hydrogen-bond acceptors (Lipinski definition) is 5. The molecule has 0 saturated carbocycles. The monoisotopic (exact) mass is 424 g/mol. The molecule has 0 unspecified atom stereocenters. The zero-order valence-electron chi connectivity index (χ0n) is 18.3. The van der Waals surface area contributed by atoms with Gasteiger partial charge in [0.1, 0.15) is 17.7 Å². The predicted octanol–water partition coefficient (Wildman–Crippen LogP) is 5.51. The highest BCUT2D eigenvalue weighted by molar-refractivity contribution is 5.82. The molecule has 160 valence electrons. The first-order valence-electron chi connectivity index (χ1n) is 10.4. The number of benzene rings is 2. The molecule has 0 atom stereocenters. The van der Waals surface area contributed by atoms with Gasteiger partial charge in [-0.1, -0.05) is 38.1 Å². The van der Waals surface area contributed by atoms with Crippen molar-refractivity contribution >= 4 is 23.2 Å². The average molecular weight is 425 g/mol. The summed E-state index contributed by atoms with van der Waals surface area (Å²) in [6.07, 6.45) is 5.48. The zero-order valence-corrected chi connectivity index (χ0v) is 18.3. The van der Waals surface area contributed by atoms with Gasteiger partial charge in [-0.2, -0.15) is 5.26 Å². The lowest BCUT2D eigenvalue weighted by Gasteiger charge is -2.14. The fourth-order valence-electron chi connectivity index (χ4n) is 3.38. The SMILES string of the molecule is COc1cccc(/C=C/c2nc3ccccc3n2-c2ccc(C#N)cn2)c1OCC(C)C. The Labute approximate surface area is 187 Å². The van der Waals surface area contributed by atoms with Crippen molar-refractivity contribution in [2.24, 2.45) is 5.92 Å². The molecule has 6 heteroatoms. The van der Waals surface area contributed by atoms with Crippen LogP contribution in [-0.4, -0.2) is 28.3 Å². The van der Waals surface area contributed by atoms with Crippen molar-refractivity contribution in [2.75, 3.05) is 13.7 Å². The maximum absolute atomic E-state index is 9.10. The number of rotatable bonds is 7. The number of hydrogen-bond donors (Lipinski definition) is 0. The fraction of sp³-hybridized carbons (Fsp3) is 0.192. The van der Waals surface area contributed by atoms with E-state index in [1.165, 1.54) is 0 Å². The highest BCUT2D eigenvalue weighted by atomic mass is 16.5. The summed E-state index contributed by atoms with van der Waals surface area (Å²) in [4.78, 5) is 9.27. The number of methoxy groups -OCH3 is 1. The summed E-state index contributed by atoms with van der Waals surface area (Å²) >= 11 is 0. The summed E-state index contributed by atoms with van der Waals surface area (Å²) in [6.45, 7) is 4.81. The molecule has 6 nitrogen and oxygen atoms in total. The minimum atomic E-state index is 0.392. The molecule has 0 aliphatic carbocycles. The molecule has 0 aliphatic heterocycles. The number of ether oxygens (including phenoxy) is 2. The van der Waals surface area contributed by atoms with Crippen molar-refractivity contribution in [1.29, 1.82) is 5.26 Å². The predicted molar refractivity (Wildman–Crippen MR) is 126 cm³/mol. The largest absolute Gasteiger partial charge is 0.493 e. The number of aromatic nitrogens is 3. The number of nitriles is 1. The van der Waals surface area contributed by atoms with E-state index in [-0.39, 0.29) is 0 Å². The van der Waals surface area contributed by atoms with Crippen molar-refractivity contribution in [3.63, 3.8) is 0 Å². The lowest BCUT2D eigenvalue weighted by atomic mass is 10.1. The lowest BCUT2D eigenvalue weighted by Crippen LogP contribution is -2.06. The molecular formula is C26H24N4O2. The first-order chi connectivity index (χ1) is 15.6. The van der Waals surface area contributed by atoms with Crippen LogP contribution in [0.15, 0.2) is 60.8 Å². The molecule has 0 radical (unpaired) electrons. The molecule has 2 aromatic carbocycles. The molecule has 0 amide bonds. The summed E-state index contributed by atoms with van der Waals surface area (Å²) in [5, 5.41) is 9.10. The third-order valence-corrected chi connectivity index (χ3v) is 4.90. The second kappa shape index (κ2) is 9.36. The first-order valence-corrected chi connectivity index (χ1v) is 10.4. The molecule has 0 aliphatic rings. The van der Waals surface area contributed by atoms with Gasteiger partial charge in [0, 0.05) is 11.8 Å². The third-order valence-electron chi connectivity index (χ3n) is 4.90. The van der Waals surface area contributed by atoms with Gasteiger partial charge in [-0.15, -0.1) is 0 Å². The van der Waals surface area contributed by atoms with E-state index in [9.17, 15) is 0 Å². The van der Waals surface area contributed by atoms with E-state index in [0.29, 0.717) is 35.4 Å². The number of pyridine rings is 1. The maximum Gasteiger partial charge on any atom is 0.168 e. The van der Waals surface area contributed by atoms with Crippen LogP contribution in [0.5, 0.6) is 11.5 Å². The highest BCUT2D eigenvalue weighted by Gasteiger charge is 2.13. The normalized spacial score (nSPS) is 11.2. The molecule has 0 saturated heterocycles. The standard InChI is InChI=1S/C26H24N4O2/c1-18(2)17-32-26-20(7-6-10-23(26)31-3)12-14-25-29-21-8-4-5-9-22(21)30(25)24-13-11-19(15-27)16-28-24/h4-14,16,18H,17H2,1-3H3/b14-12+. The summed E-state index contributed by atoms with van der Waals surface area (Å²) in [7, 11) is 1.64. The average Bonchev–Trinajstić information content (AvgIpc) is 3.19. The topological polar surface area (TPSA) is 73.0 Å². The van der Waals surface area contributed by atoms with Crippen molar-refractivity contribution < 1.29 is 9.47 Å². The van der Waals surface area contributed by atoms with Crippen LogP contribution in [0.2, 0.25) is 0 Å². The van der Waals surface area contributed by atoms with Crippen LogP contribution >= 0.6 is 0 Å². The molecule has 32 heavy (non-hydrogen) atoms. The molecule has 2 heterocycles. The minimum Gasteiger partial charge on any atom is -0.493 e. The van der Waals surface area contributed by atoms with Crippen molar-refractivity contribution in [1.82, 2.24) is 14.5 Å². The van der Waals surface area contributed by atoms with Crippen LogP contribution in [0.25, 0.3) is 29.0 Å². The molecule has 0 bridgehead atoms. The number of imidazole rings is 1. The molecule has 0 fully saturated rings. The Kier molecular flexibility index (Phi) is 6.18. The number of nitrogens with zero attached hydrogens (tertiary/aromatic N) is 4. The number of para-hydroxylation sites is 3. The molecule has 0 N–H and O–H groups in total. The minimum absolute atomic E-state index is 0.392. The first kappa shape index (κ1) is 21.1. The smallest absolute Gasteiger partial charge is 0.168 e. The van der Waals surface area contributed by atoms with Crippen LogP contribution in [0.3, 0.4) is 0 Å². The van der Waals surface area contributed by atoms with E-state index in [4.69, 9.17) is 19.7 Å². The Morgan fingerprint density at radius 2 is 1.91 bits per heavy atom. The second-order valence-corrected chi connectivity index (χ2v) is 7.73. The second-order valence-electron chi connectivity index (χ2n) is 7.73. The summed E-state index contributed by atoms with van der Waals surface area (Å²) < 4.78 is 13.6. The van der Waals surface area contributed by atoms with Crippen LogP contribution in [0, 0.1) is 17.2 Å². The fourth-order valence-corrected chi connectivity index (χ4v) is 3.38. The van der Waals surface area contributed by atoms with Crippen LogP contribution in [0.4, 0.5) is 0 Å². The Bertz CT molecular complexity index is 1300. The summed E-state index contributed by atoms with van der Waals surface area (Å²) in [6, 6.07) is 19.4. The van der Waals surface area contributed by atoms with Crippen molar-refractivity contribution in [2.45, 2.75) is 13.8 Å². The van der Waals surface area contributed by atoms with E-state index >= 15 is 0 Å². The van der Waals surface area contributed by atoms with E-state index in [0.717, 1.165) is 22.4 Å². The van der Waals surface area contributed by atoms with Gasteiger partial charge in [0.05, 0.1) is 30.3 Å². The third kappa shape index (κ3) is 4.33. The molecular weight excluding hydrogens is 400 g/mol. The molecule has 0 spiro atoms. The Hall–Kier alpha value is -4.11. The van der Waals surface area contributed by atoms with Crippen molar-refractivity contribution in [3.8, 4) is 23.4 Å². The van der Waals surface area contributed by atoms with E-state index < -0.39 is 0 Å². The zero-order chi connectivity index (χ0) is 22.5. The van der Waals surface area contributed by atoms with Crippen LogP contribution in [-0.2, 0) is 0 Å². The highest BCUT2D eigenvalue weighted by Crippen LogP contribution is 2.33. The van der Waals surface area contributed by atoms with Gasteiger partial charge >= 0.3 is 0 Å². The van der Waals surface area contributed by atoms with E-state index in [1.54, 1.807) is 19.4 Å². The quantitative estimate of drug-likeness (QED) is 0.391. The Morgan fingerprint density at radius 3 is 2.62 bits per heavy atom. The Morgan fingerprint density at radius 1 is 1.06 bits per heavy atom. The van der Waals surface area contributed by atoms with Gasteiger partial charge in [0.15, 0.2) is 11.5 Å². The van der Waals surface area contributed by atoms with E-state index in [2.05, 4.69) is 24.9 Å². The van der Waals surface area contributed by atoms with Gasteiger partial charge in [-0.05, 0) is 48.4 Å². The van der Waals surface area contributed by atoms with Gasteiger partial charge in [0.25, 0.3) is 0 Å². The van der Waals surface area contributed by atoms with Crippen LogP contribution in [0.1, 0.15) is 30.8 Å².